The number of rotatable bonds is 4. The molecule has 1 aromatic rings. The van der Waals surface area contributed by atoms with Crippen LogP contribution in [-0.2, 0) is 10.0 Å². The highest BCUT2D eigenvalue weighted by molar-refractivity contribution is 7.89. The van der Waals surface area contributed by atoms with E-state index in [1.807, 2.05) is 0 Å². The van der Waals surface area contributed by atoms with Crippen LogP contribution in [0.15, 0.2) is 22.0 Å². The number of hydrogen-bond acceptors (Lipinski definition) is 3. The monoisotopic (exact) mass is 304 g/mol. The third-order valence-electron chi connectivity index (χ3n) is 1.84. The first-order valence-electron chi connectivity index (χ1n) is 4.56. The summed E-state index contributed by atoms with van der Waals surface area (Å²) in [5, 5.41) is -0.367. The highest BCUT2D eigenvalue weighted by Gasteiger charge is 2.27. The van der Waals surface area contributed by atoms with Crippen LogP contribution in [0.3, 0.4) is 0 Å². The molecule has 0 saturated carbocycles. The Morgan fingerprint density at radius 3 is 2.50 bits per heavy atom. The van der Waals surface area contributed by atoms with Crippen LogP contribution in [0.25, 0.3) is 0 Å². The standard InChI is InChI=1S/C8H8ClF3N2O3S/c9-6-3-5(4-13-7(6)15)18(16,17)14-2-1-8(10,11)12/h3-4,14H,1-2H2,(H,13,15). The van der Waals surface area contributed by atoms with Crippen molar-refractivity contribution in [2.45, 2.75) is 17.5 Å². The van der Waals surface area contributed by atoms with Crippen molar-refractivity contribution in [2.75, 3.05) is 6.54 Å². The molecule has 0 fully saturated rings. The summed E-state index contributed by atoms with van der Waals surface area (Å²) in [7, 11) is -4.13. The third kappa shape index (κ3) is 4.31. The van der Waals surface area contributed by atoms with Gasteiger partial charge in [-0.25, -0.2) is 13.1 Å². The molecule has 0 saturated heterocycles. The minimum atomic E-state index is -4.45. The number of aromatic amines is 1. The molecule has 0 radical (unpaired) electrons. The molecule has 5 nitrogen and oxygen atoms in total. The van der Waals surface area contributed by atoms with Crippen molar-refractivity contribution in [2.24, 2.45) is 0 Å². The average molecular weight is 305 g/mol. The number of alkyl halides is 3. The topological polar surface area (TPSA) is 79.0 Å². The van der Waals surface area contributed by atoms with Gasteiger partial charge in [-0.2, -0.15) is 13.2 Å². The first-order valence-corrected chi connectivity index (χ1v) is 6.42. The third-order valence-corrected chi connectivity index (χ3v) is 3.56. The predicted molar refractivity (Wildman–Crippen MR) is 57.9 cm³/mol. The number of pyridine rings is 1. The highest BCUT2D eigenvalue weighted by Crippen LogP contribution is 2.19. The fourth-order valence-electron chi connectivity index (χ4n) is 1.00. The van der Waals surface area contributed by atoms with Gasteiger partial charge >= 0.3 is 6.18 Å². The summed E-state index contributed by atoms with van der Waals surface area (Å²) in [4.78, 5) is 12.5. The largest absolute Gasteiger partial charge is 0.390 e. The van der Waals surface area contributed by atoms with Gasteiger partial charge in [-0.1, -0.05) is 11.6 Å². The van der Waals surface area contributed by atoms with E-state index in [0.29, 0.717) is 0 Å². The van der Waals surface area contributed by atoms with Gasteiger partial charge < -0.3 is 4.98 Å². The fourth-order valence-corrected chi connectivity index (χ4v) is 2.26. The first-order chi connectivity index (χ1) is 8.12. The van der Waals surface area contributed by atoms with E-state index in [1.54, 1.807) is 4.72 Å². The van der Waals surface area contributed by atoms with Crippen molar-refractivity contribution < 1.29 is 21.6 Å². The predicted octanol–water partition coefficient (Wildman–Crippen LogP) is 1.26. The summed E-state index contributed by atoms with van der Waals surface area (Å²) in [5.74, 6) is 0. The molecule has 1 heterocycles. The molecule has 0 bridgehead atoms. The van der Waals surface area contributed by atoms with Crippen molar-refractivity contribution in [3.8, 4) is 0 Å². The van der Waals surface area contributed by atoms with Crippen molar-refractivity contribution in [3.05, 3.63) is 27.6 Å². The van der Waals surface area contributed by atoms with Crippen LogP contribution in [0, 0.1) is 0 Å². The van der Waals surface area contributed by atoms with Gasteiger partial charge in [0.1, 0.15) is 5.02 Å². The van der Waals surface area contributed by atoms with E-state index in [0.717, 1.165) is 12.3 Å². The first kappa shape index (κ1) is 15.0. The molecule has 0 aliphatic carbocycles. The van der Waals surface area contributed by atoms with Crippen LogP contribution in [0.1, 0.15) is 6.42 Å². The molecule has 0 unspecified atom stereocenters. The molecule has 0 amide bonds. The molecule has 10 heteroatoms. The van der Waals surface area contributed by atoms with Crippen molar-refractivity contribution >= 4 is 21.6 Å². The van der Waals surface area contributed by atoms with Gasteiger partial charge in [0.25, 0.3) is 5.56 Å². The quantitative estimate of drug-likeness (QED) is 0.879. The molecular formula is C8H8ClF3N2O3S. The zero-order valence-corrected chi connectivity index (χ0v) is 10.3. The molecule has 2 N–H and O–H groups in total. The lowest BCUT2D eigenvalue weighted by atomic mass is 10.4. The lowest BCUT2D eigenvalue weighted by Gasteiger charge is -2.08. The summed E-state index contributed by atoms with van der Waals surface area (Å²) in [6.45, 7) is -0.789. The Labute approximate surface area is 105 Å². The van der Waals surface area contributed by atoms with Crippen LogP contribution < -0.4 is 10.3 Å². The van der Waals surface area contributed by atoms with Gasteiger partial charge in [0.2, 0.25) is 10.0 Å². The normalized spacial score (nSPS) is 12.7. The number of H-pyrrole nitrogens is 1. The molecule has 1 aromatic heterocycles. The van der Waals surface area contributed by atoms with E-state index in [-0.39, 0.29) is 5.02 Å². The summed E-state index contributed by atoms with van der Waals surface area (Å²) >= 11 is 5.41. The Kier molecular flexibility index (Phi) is 4.41. The van der Waals surface area contributed by atoms with E-state index < -0.39 is 39.6 Å². The lowest BCUT2D eigenvalue weighted by molar-refractivity contribution is -0.132. The van der Waals surface area contributed by atoms with Crippen LogP contribution >= 0.6 is 11.6 Å². The number of aromatic nitrogens is 1. The number of nitrogens with one attached hydrogen (secondary N) is 2. The molecule has 0 aromatic carbocycles. The summed E-state index contributed by atoms with van der Waals surface area (Å²) in [6.07, 6.45) is -4.89. The minimum absolute atomic E-state index is 0.367. The molecule has 0 spiro atoms. The number of sulfonamides is 1. The second-order valence-electron chi connectivity index (χ2n) is 3.28. The van der Waals surface area contributed by atoms with Gasteiger partial charge in [-0.3, -0.25) is 4.79 Å². The van der Waals surface area contributed by atoms with Crippen LogP contribution in [-0.4, -0.2) is 26.1 Å². The van der Waals surface area contributed by atoms with Crippen LogP contribution in [0.5, 0.6) is 0 Å². The van der Waals surface area contributed by atoms with E-state index in [9.17, 15) is 26.4 Å². The Hall–Kier alpha value is -1.06. The highest BCUT2D eigenvalue weighted by atomic mass is 35.5. The van der Waals surface area contributed by atoms with Gasteiger partial charge in [-0.15, -0.1) is 0 Å². The van der Waals surface area contributed by atoms with Crippen molar-refractivity contribution in [1.82, 2.24) is 9.71 Å². The van der Waals surface area contributed by atoms with E-state index in [2.05, 4.69) is 4.98 Å². The van der Waals surface area contributed by atoms with E-state index >= 15 is 0 Å². The maximum Gasteiger partial charge on any atom is 0.390 e. The summed E-state index contributed by atoms with van der Waals surface area (Å²) < 4.78 is 60.3. The fraction of sp³-hybridized carbons (Fsp3) is 0.375. The Bertz CT molecular complexity index is 582. The molecule has 102 valence electrons. The summed E-state index contributed by atoms with van der Waals surface area (Å²) in [6, 6.07) is 0.857. The van der Waals surface area contributed by atoms with Gasteiger partial charge in [0, 0.05) is 12.7 Å². The molecular weight excluding hydrogens is 297 g/mol. The van der Waals surface area contributed by atoms with E-state index in [1.165, 1.54) is 0 Å². The SMILES string of the molecule is O=c1[nH]cc(S(=O)(=O)NCCC(F)(F)F)cc1Cl. The van der Waals surface area contributed by atoms with Crippen molar-refractivity contribution in [3.63, 3.8) is 0 Å². The number of halogens is 4. The van der Waals surface area contributed by atoms with Crippen LogP contribution in [0.4, 0.5) is 13.2 Å². The average Bonchev–Trinajstić information content (AvgIpc) is 2.19. The molecule has 1 rings (SSSR count). The smallest absolute Gasteiger partial charge is 0.326 e. The maximum atomic E-state index is 11.8. The van der Waals surface area contributed by atoms with Crippen molar-refractivity contribution in [1.29, 1.82) is 0 Å². The molecule has 18 heavy (non-hydrogen) atoms. The zero-order chi connectivity index (χ0) is 14.0. The number of hydrogen-bond donors (Lipinski definition) is 2. The molecule has 0 aliphatic heterocycles. The second kappa shape index (κ2) is 5.29. The van der Waals surface area contributed by atoms with Crippen LogP contribution in [0.2, 0.25) is 5.02 Å². The molecule has 0 atom stereocenters. The minimum Gasteiger partial charge on any atom is -0.326 e. The van der Waals surface area contributed by atoms with Gasteiger partial charge in [0.15, 0.2) is 0 Å². The Morgan fingerprint density at radius 2 is 2.00 bits per heavy atom. The van der Waals surface area contributed by atoms with Gasteiger partial charge in [-0.05, 0) is 6.07 Å². The molecule has 0 aliphatic rings. The Balaban J connectivity index is 2.81. The second-order valence-corrected chi connectivity index (χ2v) is 5.45. The van der Waals surface area contributed by atoms with E-state index in [4.69, 9.17) is 11.6 Å². The maximum absolute atomic E-state index is 11.8. The summed E-state index contributed by atoms with van der Waals surface area (Å²) in [5.41, 5.74) is -0.689. The lowest BCUT2D eigenvalue weighted by Crippen LogP contribution is -2.28. The zero-order valence-electron chi connectivity index (χ0n) is 8.71. The Morgan fingerprint density at radius 1 is 1.39 bits per heavy atom. The van der Waals surface area contributed by atoms with Gasteiger partial charge in [0.05, 0.1) is 11.3 Å².